The van der Waals surface area contributed by atoms with Crippen molar-refractivity contribution in [2.24, 2.45) is 0 Å². The van der Waals surface area contributed by atoms with Crippen molar-refractivity contribution in [2.75, 3.05) is 7.05 Å². The first-order valence-electron chi connectivity index (χ1n) is 8.10. The maximum Gasteiger partial charge on any atom is 0.227 e. The Kier molecular flexibility index (Phi) is 5.59. The molecule has 0 saturated carbocycles. The molecule has 0 saturated heterocycles. The number of hydrogen-bond acceptors (Lipinski definition) is 3. The van der Waals surface area contributed by atoms with E-state index in [0.29, 0.717) is 10.0 Å². The summed E-state index contributed by atoms with van der Waals surface area (Å²) in [4.78, 5) is 18.3. The van der Waals surface area contributed by atoms with Gasteiger partial charge in [-0.2, -0.15) is 5.10 Å². The number of rotatable bonds is 5. The van der Waals surface area contributed by atoms with E-state index < -0.39 is 0 Å². The Hall–Kier alpha value is -2.37. The van der Waals surface area contributed by atoms with Crippen LogP contribution in [0, 0.1) is 0 Å². The van der Waals surface area contributed by atoms with Gasteiger partial charge in [-0.1, -0.05) is 41.4 Å². The van der Waals surface area contributed by atoms with E-state index >= 15 is 0 Å². The van der Waals surface area contributed by atoms with Crippen LogP contribution in [0.2, 0.25) is 10.0 Å². The lowest BCUT2D eigenvalue weighted by molar-refractivity contribution is -0.131. The molecule has 0 radical (unpaired) electrons. The molecular weight excluding hydrogens is 371 g/mol. The summed E-state index contributed by atoms with van der Waals surface area (Å²) in [6.07, 6.45) is 3.41. The number of hydrogen-bond donors (Lipinski definition) is 0. The zero-order valence-electron chi connectivity index (χ0n) is 14.4. The molecule has 2 aromatic carbocycles. The minimum Gasteiger partial charge on any atom is -0.339 e. The highest BCUT2D eigenvalue weighted by Gasteiger charge is 2.18. The molecule has 0 aliphatic heterocycles. The number of benzene rings is 2. The fraction of sp³-hybridized carbons (Fsp3) is 0.211. The second kappa shape index (κ2) is 7.89. The van der Waals surface area contributed by atoms with Crippen LogP contribution >= 0.6 is 23.2 Å². The van der Waals surface area contributed by atoms with Gasteiger partial charge < -0.3 is 4.90 Å². The molecule has 1 heterocycles. The molecule has 1 amide bonds. The van der Waals surface area contributed by atoms with Crippen LogP contribution in [0.1, 0.15) is 24.1 Å². The van der Waals surface area contributed by atoms with Crippen LogP contribution < -0.4 is 0 Å². The first-order chi connectivity index (χ1) is 12.5. The number of carbonyl (C=O) groups excluding carboxylic acids is 1. The summed E-state index contributed by atoms with van der Waals surface area (Å²) >= 11 is 11.9. The standard InChI is InChI=1S/C19H18Cl2N4O/c1-13(15-4-6-16(7-5-15)25-12-22-11-23-25)24(2)19(26)10-14-3-8-17(20)18(21)9-14/h3-9,11-13H,10H2,1-2H3. The van der Waals surface area contributed by atoms with Crippen LogP contribution in [0.4, 0.5) is 0 Å². The van der Waals surface area contributed by atoms with Crippen LogP contribution in [-0.4, -0.2) is 32.6 Å². The molecular formula is C19H18Cl2N4O. The van der Waals surface area contributed by atoms with Gasteiger partial charge in [0.25, 0.3) is 0 Å². The van der Waals surface area contributed by atoms with Crippen molar-refractivity contribution < 1.29 is 4.79 Å². The van der Waals surface area contributed by atoms with Gasteiger partial charge in [0.2, 0.25) is 5.91 Å². The van der Waals surface area contributed by atoms with E-state index in [-0.39, 0.29) is 18.4 Å². The van der Waals surface area contributed by atoms with E-state index in [2.05, 4.69) is 10.1 Å². The van der Waals surface area contributed by atoms with Gasteiger partial charge in [-0.3, -0.25) is 4.79 Å². The Labute approximate surface area is 162 Å². The molecule has 5 nitrogen and oxygen atoms in total. The van der Waals surface area contributed by atoms with Crippen molar-refractivity contribution in [3.8, 4) is 5.69 Å². The van der Waals surface area contributed by atoms with Crippen molar-refractivity contribution >= 4 is 29.1 Å². The predicted molar refractivity (Wildman–Crippen MR) is 103 cm³/mol. The van der Waals surface area contributed by atoms with E-state index in [4.69, 9.17) is 23.2 Å². The molecule has 0 fully saturated rings. The number of carbonyl (C=O) groups is 1. The SMILES string of the molecule is CC(c1ccc(-n2cncn2)cc1)N(C)C(=O)Cc1ccc(Cl)c(Cl)c1. The van der Waals surface area contributed by atoms with Crippen LogP contribution in [0.5, 0.6) is 0 Å². The molecule has 1 aromatic heterocycles. The predicted octanol–water partition coefficient (Wildman–Crippen LogP) is 4.34. The number of halogens is 2. The highest BCUT2D eigenvalue weighted by Crippen LogP contribution is 2.24. The number of nitrogens with zero attached hydrogens (tertiary/aromatic N) is 4. The van der Waals surface area contributed by atoms with Gasteiger partial charge in [-0.05, 0) is 42.3 Å². The fourth-order valence-electron chi connectivity index (χ4n) is 2.64. The van der Waals surface area contributed by atoms with Gasteiger partial charge in [0.1, 0.15) is 12.7 Å². The second-order valence-electron chi connectivity index (χ2n) is 6.04. The van der Waals surface area contributed by atoms with Crippen LogP contribution in [0.15, 0.2) is 55.1 Å². The molecule has 26 heavy (non-hydrogen) atoms. The van der Waals surface area contributed by atoms with Crippen LogP contribution in [-0.2, 0) is 11.2 Å². The third-order valence-corrected chi connectivity index (χ3v) is 5.11. The van der Waals surface area contributed by atoms with Gasteiger partial charge in [0.15, 0.2) is 0 Å². The van der Waals surface area contributed by atoms with Crippen molar-refractivity contribution in [2.45, 2.75) is 19.4 Å². The Bertz CT molecular complexity index is 894. The Balaban J connectivity index is 1.69. The molecule has 0 aliphatic carbocycles. The maximum atomic E-state index is 12.6. The van der Waals surface area contributed by atoms with Crippen molar-refractivity contribution in [3.63, 3.8) is 0 Å². The minimum absolute atomic E-state index is 0.0104. The number of amides is 1. The van der Waals surface area contributed by atoms with Gasteiger partial charge >= 0.3 is 0 Å². The highest BCUT2D eigenvalue weighted by molar-refractivity contribution is 6.42. The lowest BCUT2D eigenvalue weighted by Crippen LogP contribution is -2.31. The minimum atomic E-state index is -0.0601. The summed E-state index contributed by atoms with van der Waals surface area (Å²) in [5.41, 5.74) is 2.80. The van der Waals surface area contributed by atoms with E-state index in [1.807, 2.05) is 37.3 Å². The quantitative estimate of drug-likeness (QED) is 0.653. The first kappa shape index (κ1) is 18.4. The van der Waals surface area contributed by atoms with Crippen LogP contribution in [0.3, 0.4) is 0 Å². The molecule has 3 rings (SSSR count). The van der Waals surface area contributed by atoms with Gasteiger partial charge in [0, 0.05) is 7.05 Å². The molecule has 0 aliphatic rings. The summed E-state index contributed by atoms with van der Waals surface area (Å²) in [5, 5.41) is 5.04. The first-order valence-corrected chi connectivity index (χ1v) is 8.86. The smallest absolute Gasteiger partial charge is 0.227 e. The number of likely N-dealkylation sites (N-methyl/N-ethyl adjacent to an activating group) is 1. The topological polar surface area (TPSA) is 51.0 Å². The molecule has 1 unspecified atom stereocenters. The summed E-state index contributed by atoms with van der Waals surface area (Å²) < 4.78 is 1.69. The zero-order valence-corrected chi connectivity index (χ0v) is 15.9. The Morgan fingerprint density at radius 1 is 1.15 bits per heavy atom. The fourth-order valence-corrected chi connectivity index (χ4v) is 2.96. The molecule has 0 spiro atoms. The second-order valence-corrected chi connectivity index (χ2v) is 6.85. The van der Waals surface area contributed by atoms with E-state index in [1.165, 1.54) is 6.33 Å². The average Bonchev–Trinajstić information content (AvgIpc) is 3.18. The van der Waals surface area contributed by atoms with Gasteiger partial charge in [0.05, 0.1) is 28.2 Å². The third-order valence-electron chi connectivity index (χ3n) is 4.37. The lowest BCUT2D eigenvalue weighted by atomic mass is 10.1. The van der Waals surface area contributed by atoms with Crippen molar-refractivity contribution in [1.29, 1.82) is 0 Å². The largest absolute Gasteiger partial charge is 0.339 e. The van der Waals surface area contributed by atoms with E-state index in [0.717, 1.165) is 16.8 Å². The van der Waals surface area contributed by atoms with Gasteiger partial charge in [-0.15, -0.1) is 0 Å². The molecule has 0 bridgehead atoms. The maximum absolute atomic E-state index is 12.6. The molecule has 7 heteroatoms. The lowest BCUT2D eigenvalue weighted by Gasteiger charge is -2.25. The van der Waals surface area contributed by atoms with E-state index in [1.54, 1.807) is 35.1 Å². The molecule has 1 atom stereocenters. The third kappa shape index (κ3) is 4.06. The molecule has 134 valence electrons. The Morgan fingerprint density at radius 3 is 2.50 bits per heavy atom. The molecule has 3 aromatic rings. The summed E-state index contributed by atoms with van der Waals surface area (Å²) in [6, 6.07) is 13.1. The highest BCUT2D eigenvalue weighted by atomic mass is 35.5. The van der Waals surface area contributed by atoms with Gasteiger partial charge in [-0.25, -0.2) is 9.67 Å². The molecule has 0 N–H and O–H groups in total. The van der Waals surface area contributed by atoms with Crippen LogP contribution in [0.25, 0.3) is 5.69 Å². The van der Waals surface area contributed by atoms with Crippen molar-refractivity contribution in [3.05, 3.63) is 76.3 Å². The van der Waals surface area contributed by atoms with E-state index in [9.17, 15) is 4.79 Å². The Morgan fingerprint density at radius 2 is 1.88 bits per heavy atom. The monoisotopic (exact) mass is 388 g/mol. The van der Waals surface area contributed by atoms with Crippen molar-refractivity contribution in [1.82, 2.24) is 19.7 Å². The summed E-state index contributed by atoms with van der Waals surface area (Å²) in [7, 11) is 1.80. The summed E-state index contributed by atoms with van der Waals surface area (Å²) in [6.45, 7) is 2.00. The average molecular weight is 389 g/mol. The summed E-state index contributed by atoms with van der Waals surface area (Å²) in [5.74, 6) is 0.0104. The normalized spacial score (nSPS) is 12.0. The number of aromatic nitrogens is 3. The zero-order chi connectivity index (χ0) is 18.7.